The Bertz CT molecular complexity index is 888. The number of hydrogen-bond acceptors (Lipinski definition) is 3. The summed E-state index contributed by atoms with van der Waals surface area (Å²) in [5.74, 6) is 0.407. The Kier molecular flexibility index (Phi) is 4.62. The molecule has 3 rings (SSSR count). The fourth-order valence-corrected chi connectivity index (χ4v) is 2.65. The summed E-state index contributed by atoms with van der Waals surface area (Å²) in [5.41, 5.74) is 2.61. The summed E-state index contributed by atoms with van der Waals surface area (Å²) in [7, 11) is 0. The van der Waals surface area contributed by atoms with Crippen molar-refractivity contribution >= 4 is 23.2 Å². The molecule has 5 nitrogen and oxygen atoms in total. The second kappa shape index (κ2) is 6.84. The lowest BCUT2D eigenvalue weighted by molar-refractivity contribution is 0.101. The molecule has 24 heavy (non-hydrogen) atoms. The van der Waals surface area contributed by atoms with E-state index in [1.165, 1.54) is 0 Å². The minimum Gasteiger partial charge on any atom is -0.319 e. The number of anilines is 1. The molecule has 1 N–H and O–H groups in total. The third kappa shape index (κ3) is 3.31. The number of amides is 1. The number of nitrogens with zero attached hydrogens (tertiary/aromatic N) is 3. The topological polar surface area (TPSA) is 59.8 Å². The molecule has 0 atom stereocenters. The van der Waals surface area contributed by atoms with Crippen LogP contribution >= 0.6 is 11.6 Å². The van der Waals surface area contributed by atoms with E-state index in [0.29, 0.717) is 10.8 Å². The molecule has 0 bridgehead atoms. The van der Waals surface area contributed by atoms with Gasteiger partial charge in [-0.2, -0.15) is 0 Å². The third-order valence-corrected chi connectivity index (χ3v) is 3.91. The summed E-state index contributed by atoms with van der Waals surface area (Å²) in [6, 6.07) is 14.9. The van der Waals surface area contributed by atoms with E-state index < -0.39 is 0 Å². The van der Waals surface area contributed by atoms with Gasteiger partial charge in [0.1, 0.15) is 5.82 Å². The molecule has 0 aliphatic rings. The smallest absolute Gasteiger partial charge is 0.295 e. The molecule has 0 saturated carbocycles. The Hall–Kier alpha value is -2.66. The molecular formula is C18H17ClN4O. The summed E-state index contributed by atoms with van der Waals surface area (Å²) in [4.78, 5) is 16.7. The van der Waals surface area contributed by atoms with Crippen LogP contribution in [0.3, 0.4) is 0 Å². The SMILES string of the molecule is CCc1ccccc1NC(=O)c1nc(C)n(-c2cccc(Cl)c2)n1. The predicted molar refractivity (Wildman–Crippen MR) is 94.9 cm³/mol. The average molecular weight is 341 g/mol. The first-order valence-corrected chi connectivity index (χ1v) is 8.05. The van der Waals surface area contributed by atoms with Crippen LogP contribution in [0.2, 0.25) is 5.02 Å². The summed E-state index contributed by atoms with van der Waals surface area (Å²) >= 11 is 6.02. The maximum atomic E-state index is 12.5. The van der Waals surface area contributed by atoms with Crippen molar-refractivity contribution in [2.45, 2.75) is 20.3 Å². The van der Waals surface area contributed by atoms with Crippen molar-refractivity contribution in [3.8, 4) is 5.69 Å². The van der Waals surface area contributed by atoms with Crippen LogP contribution < -0.4 is 5.32 Å². The monoisotopic (exact) mass is 340 g/mol. The number of benzene rings is 2. The van der Waals surface area contributed by atoms with Crippen LogP contribution in [0.15, 0.2) is 48.5 Å². The van der Waals surface area contributed by atoms with E-state index in [-0.39, 0.29) is 11.7 Å². The van der Waals surface area contributed by atoms with E-state index in [9.17, 15) is 4.79 Å². The van der Waals surface area contributed by atoms with Crippen molar-refractivity contribution in [2.24, 2.45) is 0 Å². The zero-order valence-electron chi connectivity index (χ0n) is 13.5. The van der Waals surface area contributed by atoms with Gasteiger partial charge in [-0.15, -0.1) is 5.10 Å². The van der Waals surface area contributed by atoms with Crippen LogP contribution in [0.4, 0.5) is 5.69 Å². The van der Waals surface area contributed by atoms with Gasteiger partial charge in [0, 0.05) is 10.7 Å². The lowest BCUT2D eigenvalue weighted by Crippen LogP contribution is -2.15. The first kappa shape index (κ1) is 16.2. The van der Waals surface area contributed by atoms with E-state index in [1.54, 1.807) is 23.7 Å². The van der Waals surface area contributed by atoms with Crippen LogP contribution in [-0.2, 0) is 6.42 Å². The van der Waals surface area contributed by atoms with Gasteiger partial charge in [0.2, 0.25) is 5.82 Å². The molecule has 3 aromatic rings. The second-order valence-electron chi connectivity index (χ2n) is 5.34. The van der Waals surface area contributed by atoms with Crippen molar-refractivity contribution in [3.05, 3.63) is 70.8 Å². The van der Waals surface area contributed by atoms with Gasteiger partial charge >= 0.3 is 0 Å². The highest BCUT2D eigenvalue weighted by Crippen LogP contribution is 2.18. The van der Waals surface area contributed by atoms with Gasteiger partial charge in [0.25, 0.3) is 5.91 Å². The zero-order chi connectivity index (χ0) is 17.1. The molecular weight excluding hydrogens is 324 g/mol. The zero-order valence-corrected chi connectivity index (χ0v) is 14.2. The number of aryl methyl sites for hydroxylation is 2. The second-order valence-corrected chi connectivity index (χ2v) is 5.78. The first-order valence-electron chi connectivity index (χ1n) is 7.67. The molecule has 2 aromatic carbocycles. The van der Waals surface area contributed by atoms with Gasteiger partial charge in [0.15, 0.2) is 0 Å². The molecule has 1 heterocycles. The summed E-state index contributed by atoms with van der Waals surface area (Å²) in [5, 5.41) is 7.79. The standard InChI is InChI=1S/C18H17ClN4O/c1-3-13-7-4-5-10-16(13)21-18(24)17-20-12(2)23(22-17)15-9-6-8-14(19)11-15/h4-11H,3H2,1-2H3,(H,21,24). The molecule has 0 aliphatic carbocycles. The molecule has 1 amide bonds. The summed E-state index contributed by atoms with van der Waals surface area (Å²) in [6.07, 6.45) is 0.833. The highest BCUT2D eigenvalue weighted by atomic mass is 35.5. The number of carbonyl (C=O) groups is 1. The molecule has 6 heteroatoms. The lowest BCUT2D eigenvalue weighted by Gasteiger charge is -2.07. The van der Waals surface area contributed by atoms with Crippen LogP contribution in [-0.4, -0.2) is 20.7 Å². The van der Waals surface area contributed by atoms with E-state index >= 15 is 0 Å². The lowest BCUT2D eigenvalue weighted by atomic mass is 10.1. The number of rotatable bonds is 4. The van der Waals surface area contributed by atoms with Crippen LogP contribution in [0, 0.1) is 6.92 Å². The van der Waals surface area contributed by atoms with Gasteiger partial charge in [0.05, 0.1) is 5.69 Å². The highest BCUT2D eigenvalue weighted by molar-refractivity contribution is 6.30. The van der Waals surface area contributed by atoms with E-state index in [2.05, 4.69) is 15.4 Å². The largest absolute Gasteiger partial charge is 0.319 e. The molecule has 122 valence electrons. The van der Waals surface area contributed by atoms with E-state index in [4.69, 9.17) is 11.6 Å². The Labute approximate surface area is 145 Å². The predicted octanol–water partition coefficient (Wildman–Crippen LogP) is 4.04. The van der Waals surface area contributed by atoms with Gasteiger partial charge < -0.3 is 5.32 Å². The van der Waals surface area contributed by atoms with E-state index in [0.717, 1.165) is 23.4 Å². The number of carbonyl (C=O) groups excluding carboxylic acids is 1. The minimum atomic E-state index is -0.334. The Morgan fingerprint density at radius 1 is 1.21 bits per heavy atom. The Morgan fingerprint density at radius 3 is 2.75 bits per heavy atom. The molecule has 0 unspecified atom stereocenters. The third-order valence-electron chi connectivity index (χ3n) is 3.67. The van der Waals surface area contributed by atoms with Gasteiger partial charge in [-0.05, 0) is 43.2 Å². The Balaban J connectivity index is 1.88. The number of halogens is 1. The number of nitrogens with one attached hydrogen (secondary N) is 1. The molecule has 0 aliphatic heterocycles. The fraction of sp³-hybridized carbons (Fsp3) is 0.167. The maximum Gasteiger partial charge on any atom is 0.295 e. The fourth-order valence-electron chi connectivity index (χ4n) is 2.47. The van der Waals surface area contributed by atoms with Crippen molar-refractivity contribution in [2.75, 3.05) is 5.32 Å². The van der Waals surface area contributed by atoms with Crippen LogP contribution in [0.1, 0.15) is 28.9 Å². The quantitative estimate of drug-likeness (QED) is 0.779. The van der Waals surface area contributed by atoms with Gasteiger partial charge in [-0.1, -0.05) is 42.8 Å². The van der Waals surface area contributed by atoms with Gasteiger partial charge in [-0.25, -0.2) is 9.67 Å². The normalized spacial score (nSPS) is 10.6. The Morgan fingerprint density at radius 2 is 2.00 bits per heavy atom. The summed E-state index contributed by atoms with van der Waals surface area (Å²) < 4.78 is 1.60. The van der Waals surface area contributed by atoms with E-state index in [1.807, 2.05) is 43.3 Å². The van der Waals surface area contributed by atoms with Crippen molar-refractivity contribution in [1.29, 1.82) is 0 Å². The summed E-state index contributed by atoms with van der Waals surface area (Å²) in [6.45, 7) is 3.84. The van der Waals surface area contributed by atoms with Crippen molar-refractivity contribution in [3.63, 3.8) is 0 Å². The van der Waals surface area contributed by atoms with Crippen molar-refractivity contribution in [1.82, 2.24) is 14.8 Å². The maximum absolute atomic E-state index is 12.5. The number of para-hydroxylation sites is 1. The van der Waals surface area contributed by atoms with Crippen LogP contribution in [0.25, 0.3) is 5.69 Å². The highest BCUT2D eigenvalue weighted by Gasteiger charge is 2.16. The number of hydrogen-bond donors (Lipinski definition) is 1. The van der Waals surface area contributed by atoms with Crippen LogP contribution in [0.5, 0.6) is 0 Å². The molecule has 0 spiro atoms. The van der Waals surface area contributed by atoms with Gasteiger partial charge in [-0.3, -0.25) is 4.79 Å². The minimum absolute atomic E-state index is 0.124. The molecule has 1 aromatic heterocycles. The molecule has 0 fully saturated rings. The first-order chi connectivity index (χ1) is 11.6. The molecule has 0 saturated heterocycles. The van der Waals surface area contributed by atoms with Crippen molar-refractivity contribution < 1.29 is 4.79 Å². The average Bonchev–Trinajstić information content (AvgIpc) is 2.97. The number of aromatic nitrogens is 3. The molecule has 0 radical (unpaired) electrons.